The first kappa shape index (κ1) is 14.9. The number of benzene rings is 2. The second kappa shape index (κ2) is 5.48. The van der Waals surface area contributed by atoms with Crippen LogP contribution in [0.1, 0.15) is 17.0 Å². The van der Waals surface area contributed by atoms with E-state index >= 15 is 0 Å². The molecule has 1 aromatic heterocycles. The van der Waals surface area contributed by atoms with Crippen molar-refractivity contribution in [1.29, 1.82) is 5.26 Å². The maximum Gasteiger partial charge on any atom is 0.205 e. The molecule has 24 heavy (non-hydrogen) atoms. The summed E-state index contributed by atoms with van der Waals surface area (Å²) in [4.78, 5) is 3.14. The number of allylic oxidation sites excluding steroid dienone is 1. The van der Waals surface area contributed by atoms with Gasteiger partial charge in [0.05, 0.1) is 5.92 Å². The molecule has 0 spiro atoms. The van der Waals surface area contributed by atoms with Crippen molar-refractivity contribution < 1.29 is 4.74 Å². The minimum Gasteiger partial charge on any atom is -0.439 e. The van der Waals surface area contributed by atoms with Crippen molar-refractivity contribution in [1.82, 2.24) is 4.98 Å². The van der Waals surface area contributed by atoms with Gasteiger partial charge in [-0.25, -0.2) is 0 Å². The van der Waals surface area contributed by atoms with E-state index in [2.05, 4.69) is 11.1 Å². The normalized spacial score (nSPS) is 16.6. The molecule has 3 N–H and O–H groups in total. The summed E-state index contributed by atoms with van der Waals surface area (Å²) in [7, 11) is 0. The number of ether oxygens (including phenoxy) is 1. The molecule has 4 nitrogen and oxygen atoms in total. The molecule has 6 heteroatoms. The molecule has 0 bridgehead atoms. The highest BCUT2D eigenvalue weighted by molar-refractivity contribution is 6.34. The lowest BCUT2D eigenvalue weighted by Crippen LogP contribution is -2.21. The van der Waals surface area contributed by atoms with Crippen LogP contribution in [0.3, 0.4) is 0 Å². The van der Waals surface area contributed by atoms with Gasteiger partial charge in [0.2, 0.25) is 5.88 Å². The number of nitrogens with two attached hydrogens (primary N) is 1. The summed E-state index contributed by atoms with van der Waals surface area (Å²) in [6.07, 6.45) is 1.83. The molecule has 0 saturated carbocycles. The second-order valence-electron chi connectivity index (χ2n) is 5.55. The molecule has 1 atom stereocenters. The number of nitrogens with zero attached hydrogens (tertiary/aromatic N) is 1. The summed E-state index contributed by atoms with van der Waals surface area (Å²) in [5.74, 6) is 0.361. The largest absolute Gasteiger partial charge is 0.439 e. The van der Waals surface area contributed by atoms with Gasteiger partial charge in [0, 0.05) is 32.7 Å². The van der Waals surface area contributed by atoms with E-state index in [1.54, 1.807) is 18.2 Å². The monoisotopic (exact) mass is 355 g/mol. The van der Waals surface area contributed by atoms with E-state index in [1.165, 1.54) is 0 Å². The number of rotatable bonds is 1. The van der Waals surface area contributed by atoms with Gasteiger partial charge in [-0.2, -0.15) is 5.26 Å². The highest BCUT2D eigenvalue weighted by Gasteiger charge is 2.32. The van der Waals surface area contributed by atoms with Crippen molar-refractivity contribution in [2.24, 2.45) is 5.73 Å². The van der Waals surface area contributed by atoms with E-state index in [1.807, 2.05) is 24.4 Å². The molecule has 0 aliphatic carbocycles. The van der Waals surface area contributed by atoms with Crippen LogP contribution in [0.2, 0.25) is 10.0 Å². The first-order valence-electron chi connectivity index (χ1n) is 7.22. The zero-order valence-electron chi connectivity index (χ0n) is 12.3. The molecule has 3 aromatic rings. The quantitative estimate of drug-likeness (QED) is 0.664. The van der Waals surface area contributed by atoms with Gasteiger partial charge in [0.25, 0.3) is 0 Å². The standard InChI is InChI=1S/C18H11Cl2N3O/c19-10-5-9(6-11(20)7-10)16-13-1-2-15-12(3-4-23-15)17(13)24-18(22)14(16)8-21/h1-7,16,23H,22H2. The number of H-pyrrole nitrogens is 1. The van der Waals surface area contributed by atoms with Crippen molar-refractivity contribution >= 4 is 34.1 Å². The number of hydrogen-bond donors (Lipinski definition) is 2. The third-order valence-corrected chi connectivity index (χ3v) is 4.57. The van der Waals surface area contributed by atoms with Gasteiger partial charge in [-0.3, -0.25) is 0 Å². The minimum atomic E-state index is -0.380. The summed E-state index contributed by atoms with van der Waals surface area (Å²) in [6, 6.07) is 13.2. The second-order valence-corrected chi connectivity index (χ2v) is 6.42. The van der Waals surface area contributed by atoms with Crippen LogP contribution in [0.25, 0.3) is 10.9 Å². The fourth-order valence-corrected chi connectivity index (χ4v) is 3.68. The summed E-state index contributed by atoms with van der Waals surface area (Å²) in [6.45, 7) is 0. The highest BCUT2D eigenvalue weighted by Crippen LogP contribution is 2.45. The van der Waals surface area contributed by atoms with Crippen LogP contribution in [0.5, 0.6) is 5.75 Å². The van der Waals surface area contributed by atoms with Crippen LogP contribution in [-0.4, -0.2) is 4.98 Å². The van der Waals surface area contributed by atoms with Gasteiger partial charge in [0.1, 0.15) is 17.4 Å². The number of nitrogens with one attached hydrogen (secondary N) is 1. The fourth-order valence-electron chi connectivity index (χ4n) is 3.13. The topological polar surface area (TPSA) is 74.8 Å². The van der Waals surface area contributed by atoms with E-state index in [0.29, 0.717) is 21.4 Å². The lowest BCUT2D eigenvalue weighted by atomic mass is 9.83. The predicted molar refractivity (Wildman–Crippen MR) is 94.1 cm³/mol. The van der Waals surface area contributed by atoms with E-state index in [9.17, 15) is 5.26 Å². The van der Waals surface area contributed by atoms with Gasteiger partial charge in [-0.1, -0.05) is 29.3 Å². The Hall–Kier alpha value is -2.61. The van der Waals surface area contributed by atoms with Gasteiger partial charge in [-0.15, -0.1) is 0 Å². The third-order valence-electron chi connectivity index (χ3n) is 4.13. The Balaban J connectivity index is 2.02. The highest BCUT2D eigenvalue weighted by atomic mass is 35.5. The maximum atomic E-state index is 9.59. The smallest absolute Gasteiger partial charge is 0.205 e. The molecule has 0 saturated heterocycles. The Morgan fingerprint density at radius 2 is 1.88 bits per heavy atom. The van der Waals surface area contributed by atoms with Gasteiger partial charge >= 0.3 is 0 Å². The summed E-state index contributed by atoms with van der Waals surface area (Å²) in [5.41, 5.74) is 8.96. The summed E-state index contributed by atoms with van der Waals surface area (Å²) in [5, 5.41) is 11.5. The SMILES string of the molecule is N#CC1=C(N)Oc2c(ccc3[nH]ccc23)C1c1cc(Cl)cc(Cl)c1. The molecule has 118 valence electrons. The lowest BCUT2D eigenvalue weighted by Gasteiger charge is -2.27. The molecule has 1 aliphatic heterocycles. The van der Waals surface area contributed by atoms with Crippen LogP contribution in [0, 0.1) is 11.3 Å². The Labute approximate surface area is 148 Å². The number of hydrogen-bond acceptors (Lipinski definition) is 3. The predicted octanol–water partition coefficient (Wildman–Crippen LogP) is 4.69. The molecule has 0 fully saturated rings. The van der Waals surface area contributed by atoms with Crippen molar-refractivity contribution in [2.45, 2.75) is 5.92 Å². The van der Waals surface area contributed by atoms with E-state index < -0.39 is 0 Å². The van der Waals surface area contributed by atoms with Crippen molar-refractivity contribution in [3.8, 4) is 11.8 Å². The van der Waals surface area contributed by atoms with E-state index in [-0.39, 0.29) is 11.8 Å². The molecule has 1 aliphatic rings. The Morgan fingerprint density at radius 3 is 2.58 bits per heavy atom. The van der Waals surface area contributed by atoms with Crippen molar-refractivity contribution in [3.05, 3.63) is 75.2 Å². The molecule has 0 radical (unpaired) electrons. The van der Waals surface area contributed by atoms with Gasteiger partial charge < -0.3 is 15.5 Å². The van der Waals surface area contributed by atoms with Crippen molar-refractivity contribution in [3.63, 3.8) is 0 Å². The van der Waals surface area contributed by atoms with Crippen molar-refractivity contribution in [2.75, 3.05) is 0 Å². The minimum absolute atomic E-state index is 0.0970. The average Bonchev–Trinajstić information content (AvgIpc) is 3.01. The molecule has 0 amide bonds. The Morgan fingerprint density at radius 1 is 1.12 bits per heavy atom. The zero-order valence-corrected chi connectivity index (χ0v) is 13.8. The fraction of sp³-hybridized carbons (Fsp3) is 0.0556. The van der Waals surface area contributed by atoms with Crippen LogP contribution in [0.15, 0.2) is 54.1 Å². The molecule has 2 heterocycles. The van der Waals surface area contributed by atoms with E-state index in [0.717, 1.165) is 22.0 Å². The van der Waals surface area contributed by atoms with Crippen LogP contribution >= 0.6 is 23.2 Å². The average molecular weight is 356 g/mol. The number of halogens is 2. The molecular weight excluding hydrogens is 345 g/mol. The zero-order chi connectivity index (χ0) is 16.8. The maximum absolute atomic E-state index is 9.59. The number of aromatic nitrogens is 1. The molecule has 2 aromatic carbocycles. The first-order valence-corrected chi connectivity index (χ1v) is 7.97. The Kier molecular flexibility index (Phi) is 3.42. The van der Waals surface area contributed by atoms with Crippen LogP contribution in [-0.2, 0) is 0 Å². The summed E-state index contributed by atoms with van der Waals surface area (Å²) < 4.78 is 5.77. The molecule has 1 unspecified atom stereocenters. The third kappa shape index (κ3) is 2.22. The van der Waals surface area contributed by atoms with Crippen LogP contribution in [0.4, 0.5) is 0 Å². The molecular formula is C18H11Cl2N3O. The van der Waals surface area contributed by atoms with Gasteiger partial charge in [0.15, 0.2) is 0 Å². The molecule has 4 rings (SSSR count). The first-order chi connectivity index (χ1) is 11.6. The Bertz CT molecular complexity index is 1030. The number of fused-ring (bicyclic) bond motifs is 3. The number of nitriles is 1. The van der Waals surface area contributed by atoms with E-state index in [4.69, 9.17) is 33.7 Å². The summed E-state index contributed by atoms with van der Waals surface area (Å²) >= 11 is 12.3. The van der Waals surface area contributed by atoms with Crippen LogP contribution < -0.4 is 10.5 Å². The lowest BCUT2D eigenvalue weighted by molar-refractivity contribution is 0.398. The number of aromatic amines is 1. The van der Waals surface area contributed by atoms with Gasteiger partial charge in [-0.05, 0) is 35.9 Å².